The van der Waals surface area contributed by atoms with Crippen LogP contribution >= 0.6 is 0 Å². The average Bonchev–Trinajstić information content (AvgIpc) is 3.22. The van der Waals surface area contributed by atoms with Crippen molar-refractivity contribution in [2.45, 2.75) is 26.4 Å². The highest BCUT2D eigenvalue weighted by Gasteiger charge is 2.13. The molecule has 32 heavy (non-hydrogen) atoms. The van der Waals surface area contributed by atoms with Gasteiger partial charge >= 0.3 is 0 Å². The summed E-state index contributed by atoms with van der Waals surface area (Å²) >= 11 is 0. The smallest absolute Gasteiger partial charge is 0.143 e. The van der Waals surface area contributed by atoms with Crippen molar-refractivity contribution in [1.82, 2.24) is 4.40 Å². The van der Waals surface area contributed by atoms with Gasteiger partial charge in [-0.2, -0.15) is 0 Å². The summed E-state index contributed by atoms with van der Waals surface area (Å²) in [5.74, 6) is 0.928. The van der Waals surface area contributed by atoms with Crippen molar-refractivity contribution >= 4 is 5.52 Å². The lowest BCUT2D eigenvalue weighted by Crippen LogP contribution is -2.00. The number of nitrogens with zero attached hydrogens (tertiary/aromatic N) is 1. The highest BCUT2D eigenvalue weighted by Crippen LogP contribution is 2.29. The molecule has 3 aromatic carbocycles. The third-order valence-electron chi connectivity index (χ3n) is 6.02. The van der Waals surface area contributed by atoms with Gasteiger partial charge in [0.2, 0.25) is 0 Å². The maximum Gasteiger partial charge on any atom is 0.143 e. The first-order valence-corrected chi connectivity index (χ1v) is 11.2. The second-order valence-electron chi connectivity index (χ2n) is 8.11. The molecule has 2 nitrogen and oxygen atoms in total. The molecule has 2 aromatic heterocycles. The molecule has 2 heterocycles. The zero-order valence-electron chi connectivity index (χ0n) is 18.4. The Labute approximate surface area is 189 Å². The van der Waals surface area contributed by atoms with Crippen molar-refractivity contribution in [3.63, 3.8) is 0 Å². The van der Waals surface area contributed by atoms with Gasteiger partial charge < -0.3 is 9.14 Å². The zero-order chi connectivity index (χ0) is 21.8. The number of aromatic nitrogens is 1. The van der Waals surface area contributed by atoms with Gasteiger partial charge in [-0.15, -0.1) is 0 Å². The summed E-state index contributed by atoms with van der Waals surface area (Å²) < 4.78 is 8.51. The van der Waals surface area contributed by atoms with Gasteiger partial charge in [-0.05, 0) is 52.4 Å². The highest BCUT2D eigenvalue weighted by molar-refractivity contribution is 5.65. The van der Waals surface area contributed by atoms with E-state index >= 15 is 0 Å². The molecule has 0 aliphatic heterocycles. The van der Waals surface area contributed by atoms with Crippen LogP contribution in [-0.4, -0.2) is 4.40 Å². The Bertz CT molecular complexity index is 1300. The minimum Gasteiger partial charge on any atom is -0.487 e. The van der Waals surface area contributed by atoms with E-state index in [9.17, 15) is 0 Å². The van der Waals surface area contributed by atoms with Crippen LogP contribution in [0.3, 0.4) is 0 Å². The molecule has 0 amide bonds. The Morgan fingerprint density at radius 2 is 1.38 bits per heavy atom. The Kier molecular flexibility index (Phi) is 5.76. The second kappa shape index (κ2) is 9.15. The monoisotopic (exact) mass is 417 g/mol. The maximum absolute atomic E-state index is 6.21. The zero-order valence-corrected chi connectivity index (χ0v) is 18.4. The third kappa shape index (κ3) is 4.17. The first-order valence-electron chi connectivity index (χ1n) is 11.2. The van der Waals surface area contributed by atoms with Crippen molar-refractivity contribution in [3.8, 4) is 16.9 Å². The van der Waals surface area contributed by atoms with E-state index in [1.165, 1.54) is 33.5 Å². The molecule has 0 fully saturated rings. The van der Waals surface area contributed by atoms with Crippen molar-refractivity contribution in [2.75, 3.05) is 0 Å². The van der Waals surface area contributed by atoms with Crippen LogP contribution in [0.25, 0.3) is 16.6 Å². The van der Waals surface area contributed by atoms with E-state index in [1.807, 2.05) is 18.2 Å². The van der Waals surface area contributed by atoms with Gasteiger partial charge in [0.25, 0.3) is 0 Å². The Balaban J connectivity index is 1.42. The summed E-state index contributed by atoms with van der Waals surface area (Å²) in [6.07, 6.45) is 4.04. The van der Waals surface area contributed by atoms with Crippen LogP contribution in [0.4, 0.5) is 0 Å². The van der Waals surface area contributed by atoms with E-state index in [4.69, 9.17) is 4.74 Å². The molecule has 0 atom stereocenters. The molecule has 0 N–H and O–H groups in total. The third-order valence-corrected chi connectivity index (χ3v) is 6.02. The molecule has 158 valence electrons. The molecule has 0 bridgehead atoms. The summed E-state index contributed by atoms with van der Waals surface area (Å²) in [6.45, 7) is 2.80. The lowest BCUT2D eigenvalue weighted by atomic mass is 10.0. The maximum atomic E-state index is 6.21. The highest BCUT2D eigenvalue weighted by atomic mass is 16.5. The number of hydrogen-bond donors (Lipinski definition) is 0. The Morgan fingerprint density at radius 1 is 0.688 bits per heavy atom. The average molecular weight is 418 g/mol. The van der Waals surface area contributed by atoms with Gasteiger partial charge in [-0.1, -0.05) is 91.9 Å². The van der Waals surface area contributed by atoms with Crippen LogP contribution in [0.15, 0.2) is 109 Å². The molecule has 0 spiro atoms. The summed E-state index contributed by atoms with van der Waals surface area (Å²) in [7, 11) is 0. The second-order valence-corrected chi connectivity index (χ2v) is 8.11. The number of pyridine rings is 1. The van der Waals surface area contributed by atoms with Gasteiger partial charge in [0.15, 0.2) is 0 Å². The van der Waals surface area contributed by atoms with E-state index in [0.29, 0.717) is 6.61 Å². The molecule has 0 unspecified atom stereocenters. The molecule has 0 saturated heterocycles. The van der Waals surface area contributed by atoms with E-state index in [1.54, 1.807) is 0 Å². The quantitative estimate of drug-likeness (QED) is 0.270. The van der Waals surface area contributed by atoms with E-state index < -0.39 is 0 Å². The normalized spacial score (nSPS) is 11.0. The fourth-order valence-electron chi connectivity index (χ4n) is 4.28. The van der Waals surface area contributed by atoms with Crippen molar-refractivity contribution in [1.29, 1.82) is 0 Å². The molecular formula is C30H27NO. The number of ether oxygens (including phenoxy) is 1. The standard InChI is InChI=1S/C30H27NO/c1-2-25-21-29-30(32-22-24-10-5-3-6-11-24)14-9-19-31(29)28(25)20-23-15-17-27(18-16-23)26-12-7-4-8-13-26/h3-19,21H,2,20,22H2,1H3. The molecule has 0 aliphatic rings. The van der Waals surface area contributed by atoms with Gasteiger partial charge in [-0.25, -0.2) is 0 Å². The van der Waals surface area contributed by atoms with E-state index in [2.05, 4.69) is 102 Å². The first-order chi connectivity index (χ1) is 15.8. The molecular weight excluding hydrogens is 390 g/mol. The van der Waals surface area contributed by atoms with Crippen LogP contribution in [0.1, 0.15) is 29.3 Å². The molecule has 5 rings (SSSR count). The summed E-state index contributed by atoms with van der Waals surface area (Å²) in [4.78, 5) is 0. The van der Waals surface area contributed by atoms with Crippen molar-refractivity contribution in [2.24, 2.45) is 0 Å². The molecule has 0 saturated carbocycles. The summed E-state index contributed by atoms with van der Waals surface area (Å²) in [5, 5.41) is 0. The minimum absolute atomic E-state index is 0.573. The summed E-state index contributed by atoms with van der Waals surface area (Å²) in [5.41, 5.74) is 8.83. The number of hydrogen-bond acceptors (Lipinski definition) is 1. The molecule has 0 radical (unpaired) electrons. The topological polar surface area (TPSA) is 13.6 Å². The van der Waals surface area contributed by atoms with Crippen LogP contribution in [-0.2, 0) is 19.4 Å². The van der Waals surface area contributed by atoms with Gasteiger partial charge in [0.1, 0.15) is 12.4 Å². The largest absolute Gasteiger partial charge is 0.487 e. The molecule has 2 heteroatoms. The van der Waals surface area contributed by atoms with Crippen molar-refractivity contribution < 1.29 is 4.74 Å². The summed E-state index contributed by atoms with van der Waals surface area (Å²) in [6, 6.07) is 36.2. The van der Waals surface area contributed by atoms with Crippen molar-refractivity contribution in [3.05, 3.63) is 132 Å². The predicted octanol–water partition coefficient (Wildman–Crippen LogP) is 7.34. The number of fused-ring (bicyclic) bond motifs is 1. The van der Waals surface area contributed by atoms with Gasteiger partial charge in [0.05, 0.1) is 5.52 Å². The van der Waals surface area contributed by atoms with Gasteiger partial charge in [-0.3, -0.25) is 0 Å². The lowest BCUT2D eigenvalue weighted by Gasteiger charge is -2.10. The number of rotatable bonds is 7. The molecule has 5 aromatic rings. The van der Waals surface area contributed by atoms with Crippen LogP contribution < -0.4 is 4.74 Å². The SMILES string of the molecule is CCc1cc2c(OCc3ccccc3)cccn2c1Cc1ccc(-c2ccccc2)cc1. The fourth-order valence-corrected chi connectivity index (χ4v) is 4.28. The first kappa shape index (κ1) is 20.1. The lowest BCUT2D eigenvalue weighted by molar-refractivity contribution is 0.309. The fraction of sp³-hybridized carbons (Fsp3) is 0.133. The van der Waals surface area contributed by atoms with Crippen LogP contribution in [0, 0.1) is 0 Å². The predicted molar refractivity (Wildman–Crippen MR) is 132 cm³/mol. The number of benzene rings is 3. The van der Waals surface area contributed by atoms with E-state index in [-0.39, 0.29) is 0 Å². The Morgan fingerprint density at radius 3 is 2.09 bits per heavy atom. The molecule has 0 aliphatic carbocycles. The van der Waals surface area contributed by atoms with Gasteiger partial charge in [0, 0.05) is 18.3 Å². The van der Waals surface area contributed by atoms with Crippen LogP contribution in [0.5, 0.6) is 5.75 Å². The minimum atomic E-state index is 0.573. The Hall–Kier alpha value is -3.78. The number of aryl methyl sites for hydroxylation is 1. The van der Waals surface area contributed by atoms with Crippen LogP contribution in [0.2, 0.25) is 0 Å². The van der Waals surface area contributed by atoms with E-state index in [0.717, 1.165) is 24.1 Å².